The molecule has 0 radical (unpaired) electrons. The van der Waals surface area contributed by atoms with Gasteiger partial charge in [-0.3, -0.25) is 9.69 Å². The van der Waals surface area contributed by atoms with Gasteiger partial charge < -0.3 is 15.4 Å². The van der Waals surface area contributed by atoms with Gasteiger partial charge in [-0.15, -0.1) is 0 Å². The smallest absolute Gasteiger partial charge is 0.414 e. The van der Waals surface area contributed by atoms with Crippen LogP contribution in [-0.4, -0.2) is 43.7 Å². The van der Waals surface area contributed by atoms with Gasteiger partial charge in [0.05, 0.1) is 12.2 Å². The summed E-state index contributed by atoms with van der Waals surface area (Å²) >= 11 is 0. The molecular weight excluding hydrogens is 351 g/mol. The maximum atomic E-state index is 14.7. The van der Waals surface area contributed by atoms with Crippen molar-refractivity contribution in [1.82, 2.24) is 4.98 Å². The van der Waals surface area contributed by atoms with Gasteiger partial charge in [0.15, 0.2) is 0 Å². The third kappa shape index (κ3) is 4.16. The fraction of sp³-hybridized carbons (Fsp3) is 0.316. The van der Waals surface area contributed by atoms with Crippen molar-refractivity contribution in [2.75, 3.05) is 30.4 Å². The number of pyridine rings is 1. The third-order valence-electron chi connectivity index (χ3n) is 4.37. The van der Waals surface area contributed by atoms with E-state index in [1.165, 1.54) is 11.0 Å². The van der Waals surface area contributed by atoms with E-state index in [-0.39, 0.29) is 13.0 Å². The number of cyclic esters (lactones) is 1. The zero-order valence-electron chi connectivity index (χ0n) is 15.2. The van der Waals surface area contributed by atoms with Gasteiger partial charge in [-0.25, -0.2) is 14.2 Å². The maximum absolute atomic E-state index is 14.7. The number of primary amides is 1. The Morgan fingerprint density at radius 1 is 1.37 bits per heavy atom. The van der Waals surface area contributed by atoms with Gasteiger partial charge in [0.2, 0.25) is 5.91 Å². The zero-order valence-corrected chi connectivity index (χ0v) is 15.2. The first-order valence-corrected chi connectivity index (χ1v) is 8.55. The number of carbonyl (C=O) groups is 2. The van der Waals surface area contributed by atoms with Crippen LogP contribution in [0.3, 0.4) is 0 Å². The predicted molar refractivity (Wildman–Crippen MR) is 100 cm³/mol. The summed E-state index contributed by atoms with van der Waals surface area (Å²) in [4.78, 5) is 30.4. The molecule has 1 fully saturated rings. The summed E-state index contributed by atoms with van der Waals surface area (Å²) < 4.78 is 19.9. The first-order chi connectivity index (χ1) is 12.8. The molecule has 3 rings (SSSR count). The number of hydrogen-bond acceptors (Lipinski definition) is 5. The molecule has 1 atom stereocenters. The van der Waals surface area contributed by atoms with Gasteiger partial charge in [0, 0.05) is 32.3 Å². The van der Waals surface area contributed by atoms with Crippen LogP contribution in [0.5, 0.6) is 0 Å². The Morgan fingerprint density at radius 3 is 2.81 bits per heavy atom. The van der Waals surface area contributed by atoms with Crippen molar-refractivity contribution < 1.29 is 18.7 Å². The maximum Gasteiger partial charge on any atom is 0.414 e. The van der Waals surface area contributed by atoms with E-state index >= 15 is 0 Å². The molecule has 2 heterocycles. The lowest BCUT2D eigenvalue weighted by atomic mass is 10.1. The van der Waals surface area contributed by atoms with E-state index in [2.05, 4.69) is 4.98 Å². The molecule has 0 saturated carbocycles. The number of ether oxygens (including phenoxy) is 1. The topological polar surface area (TPSA) is 88.8 Å². The van der Waals surface area contributed by atoms with Crippen molar-refractivity contribution in [3.63, 3.8) is 0 Å². The van der Waals surface area contributed by atoms with Gasteiger partial charge in [-0.2, -0.15) is 0 Å². The fourth-order valence-corrected chi connectivity index (χ4v) is 2.92. The monoisotopic (exact) mass is 372 g/mol. The predicted octanol–water partition coefficient (Wildman–Crippen LogP) is 2.54. The first kappa shape index (κ1) is 18.6. The summed E-state index contributed by atoms with van der Waals surface area (Å²) in [6.45, 7) is 0.255. The van der Waals surface area contributed by atoms with Gasteiger partial charge >= 0.3 is 6.09 Å². The number of rotatable bonds is 6. The number of aromatic nitrogens is 1. The van der Waals surface area contributed by atoms with E-state index in [1.807, 2.05) is 19.0 Å². The van der Waals surface area contributed by atoms with E-state index < -0.39 is 23.9 Å². The number of anilines is 2. The highest BCUT2D eigenvalue weighted by Crippen LogP contribution is 2.30. The number of hydrogen-bond donors (Lipinski definition) is 1. The number of nitrogens with two attached hydrogens (primary N) is 1. The van der Waals surface area contributed by atoms with Crippen molar-refractivity contribution in [2.24, 2.45) is 5.73 Å². The minimum atomic E-state index is -0.560. The normalized spacial score (nSPS) is 16.3. The van der Waals surface area contributed by atoms with E-state index in [0.29, 0.717) is 23.2 Å². The summed E-state index contributed by atoms with van der Waals surface area (Å²) in [6, 6.07) is 8.13. The Hall–Kier alpha value is -3.16. The van der Waals surface area contributed by atoms with Crippen LogP contribution in [0.2, 0.25) is 0 Å². The average molecular weight is 372 g/mol. The quantitative estimate of drug-likeness (QED) is 0.842. The second-order valence-corrected chi connectivity index (χ2v) is 6.58. The summed E-state index contributed by atoms with van der Waals surface area (Å²) in [6.07, 6.45) is 1.11. The Balaban J connectivity index is 1.80. The van der Waals surface area contributed by atoms with Crippen molar-refractivity contribution in [2.45, 2.75) is 18.9 Å². The molecule has 142 valence electrons. The molecule has 7 nitrogen and oxygen atoms in total. The summed E-state index contributed by atoms with van der Waals surface area (Å²) in [5.41, 5.74) is 6.64. The highest BCUT2D eigenvalue weighted by Gasteiger charge is 2.32. The van der Waals surface area contributed by atoms with Crippen LogP contribution in [0.15, 0.2) is 36.5 Å². The lowest BCUT2D eigenvalue weighted by Gasteiger charge is -2.15. The molecule has 2 amide bonds. The molecule has 0 aliphatic carbocycles. The van der Waals surface area contributed by atoms with Gasteiger partial charge in [0.25, 0.3) is 0 Å². The number of carbonyl (C=O) groups excluding carboxylic acids is 2. The van der Waals surface area contributed by atoms with E-state index in [0.717, 1.165) is 5.82 Å². The number of benzene rings is 1. The van der Waals surface area contributed by atoms with Crippen LogP contribution < -0.4 is 15.5 Å². The van der Waals surface area contributed by atoms with Crippen molar-refractivity contribution >= 4 is 23.5 Å². The van der Waals surface area contributed by atoms with Crippen molar-refractivity contribution in [3.05, 3.63) is 42.3 Å². The van der Waals surface area contributed by atoms with Crippen molar-refractivity contribution in [1.29, 1.82) is 0 Å². The second-order valence-electron chi connectivity index (χ2n) is 6.58. The van der Waals surface area contributed by atoms with Gasteiger partial charge in [-0.05, 0) is 42.3 Å². The Bertz CT molecular complexity index is 872. The summed E-state index contributed by atoms with van der Waals surface area (Å²) in [5, 5.41) is 0. The highest BCUT2D eigenvalue weighted by molar-refractivity contribution is 5.90. The Labute approximate surface area is 156 Å². The Kier molecular flexibility index (Phi) is 5.25. The molecule has 0 bridgehead atoms. The molecule has 2 aromatic rings. The zero-order chi connectivity index (χ0) is 19.6. The van der Waals surface area contributed by atoms with Crippen LogP contribution in [0, 0.1) is 5.82 Å². The lowest BCUT2D eigenvalue weighted by Crippen LogP contribution is -2.25. The summed E-state index contributed by atoms with van der Waals surface area (Å²) in [5.74, 6) is -0.178. The van der Waals surface area contributed by atoms with Crippen LogP contribution in [0.4, 0.5) is 20.7 Å². The minimum Gasteiger partial charge on any atom is -0.444 e. The number of halogens is 1. The molecule has 1 saturated heterocycles. The molecule has 1 aromatic carbocycles. The molecule has 1 aromatic heterocycles. The van der Waals surface area contributed by atoms with Gasteiger partial charge in [0.1, 0.15) is 17.7 Å². The fourth-order valence-electron chi connectivity index (χ4n) is 2.92. The number of nitrogens with zero attached hydrogens (tertiary/aromatic N) is 3. The highest BCUT2D eigenvalue weighted by atomic mass is 19.1. The molecular formula is C19H21FN4O3. The molecule has 1 unspecified atom stereocenters. The molecule has 1 aliphatic heterocycles. The SMILES string of the molecule is CN(C)c1cc(-c2ccc(N3CC(CCC(N)=O)OC3=O)cc2F)ccn1. The van der Waals surface area contributed by atoms with Gasteiger partial charge in [-0.1, -0.05) is 0 Å². The number of amides is 2. The molecule has 2 N–H and O–H groups in total. The molecule has 0 spiro atoms. The minimum absolute atomic E-state index is 0.134. The Morgan fingerprint density at radius 2 is 2.15 bits per heavy atom. The van der Waals surface area contributed by atoms with E-state index in [9.17, 15) is 14.0 Å². The van der Waals surface area contributed by atoms with E-state index in [1.54, 1.807) is 30.5 Å². The first-order valence-electron chi connectivity index (χ1n) is 8.55. The van der Waals surface area contributed by atoms with Crippen LogP contribution in [0.1, 0.15) is 12.8 Å². The van der Waals surface area contributed by atoms with Crippen LogP contribution in [-0.2, 0) is 9.53 Å². The standard InChI is InChI=1S/C19H21FN4O3/c1-23(2)18-9-12(7-8-22-18)15-5-3-13(10-16(15)20)24-11-14(27-19(24)26)4-6-17(21)25/h3,5,7-10,14H,4,6,11H2,1-2H3,(H2,21,25). The van der Waals surface area contributed by atoms with Crippen molar-refractivity contribution in [3.8, 4) is 11.1 Å². The van der Waals surface area contributed by atoms with Crippen LogP contribution in [0.25, 0.3) is 11.1 Å². The second kappa shape index (κ2) is 7.61. The van der Waals surface area contributed by atoms with Crippen LogP contribution >= 0.6 is 0 Å². The summed E-state index contributed by atoms with van der Waals surface area (Å²) in [7, 11) is 3.72. The third-order valence-corrected chi connectivity index (χ3v) is 4.37. The average Bonchev–Trinajstić information content (AvgIpc) is 3.00. The molecule has 27 heavy (non-hydrogen) atoms. The lowest BCUT2D eigenvalue weighted by molar-refractivity contribution is -0.118. The molecule has 1 aliphatic rings. The molecule has 8 heteroatoms. The van der Waals surface area contributed by atoms with E-state index in [4.69, 9.17) is 10.5 Å². The largest absolute Gasteiger partial charge is 0.444 e.